The zero-order valence-corrected chi connectivity index (χ0v) is 12.0. The largest absolute Gasteiger partial charge is 0.330 e. The molecule has 0 saturated carbocycles. The molecule has 0 atom stereocenters. The number of H-pyrrole nitrogens is 1. The number of hydrogen-bond donors (Lipinski definition) is 2. The van der Waals surface area contributed by atoms with E-state index in [9.17, 15) is 8.42 Å². The number of aromatic nitrogens is 3. The molecule has 0 saturated heterocycles. The number of aromatic amines is 1. The first-order valence-corrected chi connectivity index (χ1v) is 7.89. The van der Waals surface area contributed by atoms with E-state index in [0.717, 1.165) is 4.88 Å². The minimum absolute atomic E-state index is 0.159. The van der Waals surface area contributed by atoms with Crippen molar-refractivity contribution >= 4 is 21.4 Å². The SMILES string of the molecule is CN(Cc1ncn[nH]1)S(=O)(=O)c1ccc(CCN)s1. The molecule has 9 heteroatoms. The van der Waals surface area contributed by atoms with Crippen molar-refractivity contribution in [1.82, 2.24) is 19.5 Å². The molecule has 2 aromatic rings. The third-order valence-corrected chi connectivity index (χ3v) is 5.95. The zero-order valence-electron chi connectivity index (χ0n) is 10.4. The Kier molecular flexibility index (Phi) is 4.30. The number of nitrogens with zero attached hydrogens (tertiary/aromatic N) is 3. The van der Waals surface area contributed by atoms with Gasteiger partial charge in [-0.1, -0.05) is 0 Å². The molecule has 0 fully saturated rings. The Morgan fingerprint density at radius 1 is 1.47 bits per heavy atom. The average Bonchev–Trinajstić information content (AvgIpc) is 3.00. The molecule has 2 aromatic heterocycles. The van der Waals surface area contributed by atoms with Gasteiger partial charge in [-0.15, -0.1) is 11.3 Å². The van der Waals surface area contributed by atoms with Gasteiger partial charge in [0.05, 0.1) is 6.54 Å². The maximum Gasteiger partial charge on any atom is 0.252 e. The fourth-order valence-electron chi connectivity index (χ4n) is 1.53. The summed E-state index contributed by atoms with van der Waals surface area (Å²) in [4.78, 5) is 4.88. The monoisotopic (exact) mass is 301 g/mol. The summed E-state index contributed by atoms with van der Waals surface area (Å²) in [6.45, 7) is 0.667. The molecule has 2 heterocycles. The maximum atomic E-state index is 12.3. The third-order valence-electron chi connectivity index (χ3n) is 2.53. The molecule has 0 radical (unpaired) electrons. The first-order valence-electron chi connectivity index (χ1n) is 5.63. The van der Waals surface area contributed by atoms with Crippen molar-refractivity contribution in [3.8, 4) is 0 Å². The van der Waals surface area contributed by atoms with E-state index in [1.807, 2.05) is 0 Å². The normalized spacial score (nSPS) is 12.2. The van der Waals surface area contributed by atoms with Gasteiger partial charge < -0.3 is 5.73 Å². The van der Waals surface area contributed by atoms with Crippen molar-refractivity contribution in [2.75, 3.05) is 13.6 Å². The van der Waals surface area contributed by atoms with Gasteiger partial charge in [-0.2, -0.15) is 9.40 Å². The lowest BCUT2D eigenvalue weighted by Gasteiger charge is -2.14. The number of nitrogens with one attached hydrogen (secondary N) is 1. The fraction of sp³-hybridized carbons (Fsp3) is 0.400. The molecule has 0 spiro atoms. The minimum atomic E-state index is -3.49. The van der Waals surface area contributed by atoms with Gasteiger partial charge in [-0.3, -0.25) is 5.10 Å². The number of nitrogens with two attached hydrogens (primary N) is 1. The lowest BCUT2D eigenvalue weighted by Crippen LogP contribution is -2.26. The van der Waals surface area contributed by atoms with E-state index in [1.165, 1.54) is 29.0 Å². The van der Waals surface area contributed by atoms with Gasteiger partial charge in [0.2, 0.25) is 0 Å². The first kappa shape index (κ1) is 14.1. The summed E-state index contributed by atoms with van der Waals surface area (Å²) >= 11 is 1.25. The van der Waals surface area contributed by atoms with Gasteiger partial charge in [-0.25, -0.2) is 13.4 Å². The van der Waals surface area contributed by atoms with Gasteiger partial charge in [-0.05, 0) is 25.1 Å². The minimum Gasteiger partial charge on any atom is -0.330 e. The Balaban J connectivity index is 2.16. The summed E-state index contributed by atoms with van der Waals surface area (Å²) in [5, 5.41) is 6.33. The summed E-state index contributed by atoms with van der Waals surface area (Å²) in [7, 11) is -1.98. The summed E-state index contributed by atoms with van der Waals surface area (Å²) < 4.78 is 26.2. The third kappa shape index (κ3) is 3.18. The highest BCUT2D eigenvalue weighted by Crippen LogP contribution is 2.25. The van der Waals surface area contributed by atoms with Crippen LogP contribution in [-0.2, 0) is 23.0 Å². The van der Waals surface area contributed by atoms with Crippen LogP contribution >= 0.6 is 11.3 Å². The second kappa shape index (κ2) is 5.78. The summed E-state index contributed by atoms with van der Waals surface area (Å²) in [5.41, 5.74) is 5.46. The molecule has 7 nitrogen and oxygen atoms in total. The van der Waals surface area contributed by atoms with E-state index in [4.69, 9.17) is 5.73 Å². The zero-order chi connectivity index (χ0) is 13.9. The number of sulfonamides is 1. The molecular weight excluding hydrogens is 286 g/mol. The van der Waals surface area contributed by atoms with Crippen LogP contribution in [0.5, 0.6) is 0 Å². The van der Waals surface area contributed by atoms with Crippen LogP contribution in [0, 0.1) is 0 Å². The van der Waals surface area contributed by atoms with Crippen molar-refractivity contribution in [1.29, 1.82) is 0 Å². The molecule has 0 bridgehead atoms. The summed E-state index contributed by atoms with van der Waals surface area (Å²) in [6.07, 6.45) is 2.03. The van der Waals surface area contributed by atoms with Crippen LogP contribution in [0.4, 0.5) is 0 Å². The molecule has 2 rings (SSSR count). The average molecular weight is 301 g/mol. The van der Waals surface area contributed by atoms with Crippen LogP contribution in [0.1, 0.15) is 10.7 Å². The van der Waals surface area contributed by atoms with Crippen LogP contribution in [0.3, 0.4) is 0 Å². The summed E-state index contributed by atoms with van der Waals surface area (Å²) in [5.74, 6) is 0.504. The van der Waals surface area contributed by atoms with Crippen LogP contribution in [0.15, 0.2) is 22.7 Å². The molecule has 19 heavy (non-hydrogen) atoms. The Labute approximate surface area is 115 Å². The van der Waals surface area contributed by atoms with Crippen LogP contribution in [-0.4, -0.2) is 41.5 Å². The first-order chi connectivity index (χ1) is 9.04. The van der Waals surface area contributed by atoms with E-state index >= 15 is 0 Å². The number of hydrogen-bond acceptors (Lipinski definition) is 6. The standard InChI is InChI=1S/C10H15N5O2S2/c1-15(6-9-12-7-13-14-9)19(16,17)10-3-2-8(18-10)4-5-11/h2-3,7H,4-6,11H2,1H3,(H,12,13,14). The predicted molar refractivity (Wildman–Crippen MR) is 72.1 cm³/mol. The van der Waals surface area contributed by atoms with E-state index in [1.54, 1.807) is 12.1 Å². The van der Waals surface area contributed by atoms with Gasteiger partial charge >= 0.3 is 0 Å². The van der Waals surface area contributed by atoms with Gasteiger partial charge in [0.1, 0.15) is 16.4 Å². The van der Waals surface area contributed by atoms with Crippen LogP contribution in [0.2, 0.25) is 0 Å². The molecule has 0 aliphatic rings. The molecule has 0 aliphatic heterocycles. The van der Waals surface area contributed by atoms with E-state index in [0.29, 0.717) is 23.0 Å². The molecular formula is C10H15N5O2S2. The molecule has 0 amide bonds. The van der Waals surface area contributed by atoms with Crippen molar-refractivity contribution in [2.45, 2.75) is 17.2 Å². The fourth-order valence-corrected chi connectivity index (χ4v) is 4.24. The van der Waals surface area contributed by atoms with Crippen molar-refractivity contribution in [2.24, 2.45) is 5.73 Å². The summed E-state index contributed by atoms with van der Waals surface area (Å²) in [6, 6.07) is 3.41. The molecule has 104 valence electrons. The molecule has 0 unspecified atom stereocenters. The van der Waals surface area contributed by atoms with E-state index in [2.05, 4.69) is 15.2 Å². The topological polar surface area (TPSA) is 105 Å². The Morgan fingerprint density at radius 2 is 2.26 bits per heavy atom. The Hall–Kier alpha value is -1.29. The lowest BCUT2D eigenvalue weighted by atomic mass is 10.3. The van der Waals surface area contributed by atoms with Crippen molar-refractivity contribution in [3.05, 3.63) is 29.2 Å². The molecule has 0 aromatic carbocycles. The van der Waals surface area contributed by atoms with Crippen LogP contribution in [0.25, 0.3) is 0 Å². The maximum absolute atomic E-state index is 12.3. The van der Waals surface area contributed by atoms with E-state index in [-0.39, 0.29) is 6.54 Å². The number of rotatable bonds is 6. The quantitative estimate of drug-likeness (QED) is 0.792. The van der Waals surface area contributed by atoms with Gasteiger partial charge in [0.25, 0.3) is 10.0 Å². The highest BCUT2D eigenvalue weighted by molar-refractivity contribution is 7.91. The highest BCUT2D eigenvalue weighted by Gasteiger charge is 2.23. The second-order valence-electron chi connectivity index (χ2n) is 3.95. The lowest BCUT2D eigenvalue weighted by molar-refractivity contribution is 0.459. The highest BCUT2D eigenvalue weighted by atomic mass is 32.2. The Morgan fingerprint density at radius 3 is 2.89 bits per heavy atom. The van der Waals surface area contributed by atoms with Gasteiger partial charge in [0.15, 0.2) is 0 Å². The van der Waals surface area contributed by atoms with Crippen molar-refractivity contribution < 1.29 is 8.42 Å². The van der Waals surface area contributed by atoms with E-state index < -0.39 is 10.0 Å². The Bertz CT molecular complexity index is 620. The van der Waals surface area contributed by atoms with Crippen molar-refractivity contribution in [3.63, 3.8) is 0 Å². The second-order valence-corrected chi connectivity index (χ2v) is 7.39. The predicted octanol–water partition coefficient (Wildman–Crippen LogP) is 0.188. The smallest absolute Gasteiger partial charge is 0.252 e. The number of thiophene rings is 1. The van der Waals surface area contributed by atoms with Crippen LogP contribution < -0.4 is 5.73 Å². The molecule has 3 N–H and O–H groups in total. The van der Waals surface area contributed by atoms with Gasteiger partial charge in [0, 0.05) is 11.9 Å². The molecule has 0 aliphatic carbocycles.